The largest absolute Gasteiger partial charge is 0.395 e. The number of aliphatic hydroxyl groups excluding tert-OH is 1. The molecule has 2 N–H and O–H groups in total. The molecule has 0 aliphatic carbocycles. The molecule has 7 heteroatoms. The number of carbonyl (C=O) groups is 2. The molecular weight excluding hydrogens is 320 g/mol. The Morgan fingerprint density at radius 2 is 2.24 bits per heavy atom. The van der Waals surface area contributed by atoms with Crippen molar-refractivity contribution in [2.75, 3.05) is 32.8 Å². The van der Waals surface area contributed by atoms with Gasteiger partial charge in [-0.05, 0) is 37.7 Å². The molecule has 138 valence electrons. The average molecular weight is 348 g/mol. The van der Waals surface area contributed by atoms with E-state index in [1.807, 2.05) is 11.1 Å². The molecule has 2 aliphatic heterocycles. The molecule has 1 aromatic rings. The van der Waals surface area contributed by atoms with Crippen LogP contribution in [0.3, 0.4) is 0 Å². The lowest BCUT2D eigenvalue weighted by atomic mass is 9.73. The smallest absolute Gasteiger partial charge is 0.222 e. The number of piperidine rings is 2. The minimum atomic E-state index is -0.00151. The summed E-state index contributed by atoms with van der Waals surface area (Å²) >= 11 is 0. The summed E-state index contributed by atoms with van der Waals surface area (Å²) in [7, 11) is 0. The molecule has 25 heavy (non-hydrogen) atoms. The molecule has 0 aromatic carbocycles. The van der Waals surface area contributed by atoms with Gasteiger partial charge in [0, 0.05) is 50.6 Å². The third-order valence-electron chi connectivity index (χ3n) is 5.54. The number of rotatable bonds is 6. The highest BCUT2D eigenvalue weighted by Crippen LogP contribution is 2.39. The number of hydrogen-bond acceptors (Lipinski definition) is 4. The molecule has 1 spiro atoms. The minimum Gasteiger partial charge on any atom is -0.395 e. The quantitative estimate of drug-likeness (QED) is 0.801. The summed E-state index contributed by atoms with van der Waals surface area (Å²) in [6.07, 6.45) is 9.35. The molecule has 2 amide bonds. The molecule has 0 unspecified atom stereocenters. The van der Waals surface area contributed by atoms with E-state index in [-0.39, 0.29) is 23.8 Å². The highest BCUT2D eigenvalue weighted by molar-refractivity contribution is 5.78. The van der Waals surface area contributed by atoms with Crippen LogP contribution >= 0.6 is 0 Å². The molecule has 1 aromatic heterocycles. The van der Waals surface area contributed by atoms with E-state index < -0.39 is 0 Å². The van der Waals surface area contributed by atoms with Crippen molar-refractivity contribution in [3.8, 4) is 0 Å². The number of β-amino-alcohol motifs (C(OH)–C–C–N with tert-alkyl or cyclic N) is 1. The minimum absolute atomic E-state index is 0.00151. The molecule has 7 nitrogen and oxygen atoms in total. The summed E-state index contributed by atoms with van der Waals surface area (Å²) in [5.41, 5.74) is 1.15. The van der Waals surface area contributed by atoms with Crippen LogP contribution in [0.4, 0.5) is 0 Å². The molecule has 0 saturated carbocycles. The van der Waals surface area contributed by atoms with Crippen LogP contribution in [0, 0.1) is 5.41 Å². The van der Waals surface area contributed by atoms with Crippen LogP contribution in [0.25, 0.3) is 0 Å². The van der Waals surface area contributed by atoms with Gasteiger partial charge in [-0.1, -0.05) is 0 Å². The molecule has 2 saturated heterocycles. The summed E-state index contributed by atoms with van der Waals surface area (Å²) in [6, 6.07) is 0. The second-order valence-corrected chi connectivity index (χ2v) is 7.42. The predicted molar refractivity (Wildman–Crippen MR) is 92.7 cm³/mol. The van der Waals surface area contributed by atoms with Crippen molar-refractivity contribution in [1.82, 2.24) is 20.0 Å². The lowest BCUT2D eigenvalue weighted by Crippen LogP contribution is -2.55. The third-order valence-corrected chi connectivity index (χ3v) is 5.54. The zero-order valence-corrected chi connectivity index (χ0v) is 14.7. The summed E-state index contributed by atoms with van der Waals surface area (Å²) in [4.78, 5) is 28.4. The lowest BCUT2D eigenvalue weighted by Gasteiger charge is -2.48. The van der Waals surface area contributed by atoms with Gasteiger partial charge in [0.1, 0.15) is 0 Å². The van der Waals surface area contributed by atoms with Gasteiger partial charge in [-0.3, -0.25) is 14.7 Å². The molecule has 2 fully saturated rings. The lowest BCUT2D eigenvalue weighted by molar-refractivity contribution is -0.143. The first-order chi connectivity index (χ1) is 12.1. The Morgan fingerprint density at radius 3 is 3.00 bits per heavy atom. The van der Waals surface area contributed by atoms with Gasteiger partial charge < -0.3 is 14.9 Å². The van der Waals surface area contributed by atoms with E-state index in [9.17, 15) is 14.7 Å². The zero-order valence-electron chi connectivity index (χ0n) is 14.7. The summed E-state index contributed by atoms with van der Waals surface area (Å²) < 4.78 is 0. The number of aliphatic hydroxyl groups is 1. The Labute approximate surface area is 148 Å². The summed E-state index contributed by atoms with van der Waals surface area (Å²) in [5, 5.41) is 15.9. The molecule has 2 aliphatic rings. The van der Waals surface area contributed by atoms with Crippen LogP contribution in [-0.4, -0.2) is 69.7 Å². The zero-order chi connectivity index (χ0) is 17.7. The van der Waals surface area contributed by atoms with E-state index >= 15 is 0 Å². The number of aromatic nitrogens is 2. The molecule has 3 rings (SSSR count). The number of H-pyrrole nitrogens is 1. The number of hydrogen-bond donors (Lipinski definition) is 2. The van der Waals surface area contributed by atoms with Gasteiger partial charge in [-0.25, -0.2) is 0 Å². The van der Waals surface area contributed by atoms with Crippen molar-refractivity contribution < 1.29 is 14.7 Å². The number of carbonyl (C=O) groups excluding carboxylic acids is 2. The Morgan fingerprint density at radius 1 is 1.36 bits per heavy atom. The number of nitrogens with zero attached hydrogens (tertiary/aromatic N) is 3. The Hall–Kier alpha value is -1.89. The van der Waals surface area contributed by atoms with Crippen molar-refractivity contribution in [2.45, 2.75) is 44.9 Å². The molecule has 0 radical (unpaired) electrons. The van der Waals surface area contributed by atoms with Crippen LogP contribution in [0.15, 0.2) is 12.4 Å². The highest BCUT2D eigenvalue weighted by Gasteiger charge is 2.42. The monoisotopic (exact) mass is 348 g/mol. The standard InChI is InChI=1S/C18H28N4O3/c23-10-9-22-14-18(7-5-17(22)25)6-2-8-21(13-18)16(24)4-1-3-15-11-19-20-12-15/h11-12,23H,1-10,13-14H2,(H,19,20)/t18-/m1/s1. The second-order valence-electron chi connectivity index (χ2n) is 7.42. The maximum atomic E-state index is 12.6. The summed E-state index contributed by atoms with van der Waals surface area (Å²) in [6.45, 7) is 2.63. The number of amides is 2. The summed E-state index contributed by atoms with van der Waals surface area (Å²) in [5.74, 6) is 0.344. The SMILES string of the molecule is O=C1CC[C@@]2(CCCN(C(=O)CCCc3cn[nH]c3)C2)CN1CCO. The average Bonchev–Trinajstić information content (AvgIpc) is 3.12. The fraction of sp³-hybridized carbons (Fsp3) is 0.722. The van der Waals surface area contributed by atoms with Gasteiger partial charge in [-0.15, -0.1) is 0 Å². The Bertz CT molecular complexity index is 589. The topological polar surface area (TPSA) is 89.5 Å². The predicted octanol–water partition coefficient (Wildman–Crippen LogP) is 0.956. The number of aromatic amines is 1. The van der Waals surface area contributed by atoms with Gasteiger partial charge in [0.2, 0.25) is 11.8 Å². The van der Waals surface area contributed by atoms with Crippen molar-refractivity contribution in [3.63, 3.8) is 0 Å². The number of nitrogens with one attached hydrogen (secondary N) is 1. The third kappa shape index (κ3) is 4.39. The van der Waals surface area contributed by atoms with Crippen molar-refractivity contribution in [2.24, 2.45) is 5.41 Å². The fourth-order valence-electron chi connectivity index (χ4n) is 4.20. The maximum Gasteiger partial charge on any atom is 0.222 e. The first-order valence-corrected chi connectivity index (χ1v) is 9.26. The second kappa shape index (κ2) is 7.99. The Balaban J connectivity index is 1.53. The maximum absolute atomic E-state index is 12.6. The Kier molecular flexibility index (Phi) is 5.73. The van der Waals surface area contributed by atoms with Gasteiger partial charge in [0.25, 0.3) is 0 Å². The fourth-order valence-corrected chi connectivity index (χ4v) is 4.20. The van der Waals surface area contributed by atoms with Crippen LogP contribution < -0.4 is 0 Å². The highest BCUT2D eigenvalue weighted by atomic mass is 16.3. The first kappa shape index (κ1) is 17.9. The van der Waals surface area contributed by atoms with E-state index in [0.717, 1.165) is 50.8 Å². The van der Waals surface area contributed by atoms with Crippen molar-refractivity contribution in [3.05, 3.63) is 18.0 Å². The van der Waals surface area contributed by atoms with Gasteiger partial charge in [0.15, 0.2) is 0 Å². The normalized spacial score (nSPS) is 24.1. The van der Waals surface area contributed by atoms with Gasteiger partial charge in [0.05, 0.1) is 12.8 Å². The van der Waals surface area contributed by atoms with E-state index in [0.29, 0.717) is 25.9 Å². The van der Waals surface area contributed by atoms with E-state index in [1.54, 1.807) is 11.1 Å². The number of likely N-dealkylation sites (tertiary alicyclic amines) is 2. The van der Waals surface area contributed by atoms with E-state index in [1.165, 1.54) is 0 Å². The van der Waals surface area contributed by atoms with Crippen LogP contribution in [0.5, 0.6) is 0 Å². The van der Waals surface area contributed by atoms with Crippen LogP contribution in [0.1, 0.15) is 44.1 Å². The molecular formula is C18H28N4O3. The molecule has 0 bridgehead atoms. The van der Waals surface area contributed by atoms with Crippen molar-refractivity contribution >= 4 is 11.8 Å². The van der Waals surface area contributed by atoms with Crippen LogP contribution in [-0.2, 0) is 16.0 Å². The van der Waals surface area contributed by atoms with E-state index in [2.05, 4.69) is 10.2 Å². The first-order valence-electron chi connectivity index (χ1n) is 9.26. The molecule has 1 atom stereocenters. The van der Waals surface area contributed by atoms with Gasteiger partial charge >= 0.3 is 0 Å². The van der Waals surface area contributed by atoms with Gasteiger partial charge in [-0.2, -0.15) is 5.10 Å². The number of aryl methyl sites for hydroxylation is 1. The van der Waals surface area contributed by atoms with Crippen LogP contribution in [0.2, 0.25) is 0 Å². The molecule has 3 heterocycles. The van der Waals surface area contributed by atoms with E-state index in [4.69, 9.17) is 0 Å². The van der Waals surface area contributed by atoms with Crippen molar-refractivity contribution in [1.29, 1.82) is 0 Å².